The highest BCUT2D eigenvalue weighted by atomic mass is 16.5. The number of carbonyl (C=O) groups excluding carboxylic acids is 1. The number of aliphatic hydroxyl groups excluding tert-OH is 3. The zero-order chi connectivity index (χ0) is 13.0. The Morgan fingerprint density at radius 3 is 2.65 bits per heavy atom. The fourth-order valence-corrected chi connectivity index (χ4v) is 1.64. The van der Waals surface area contributed by atoms with Crippen LogP contribution in [-0.4, -0.2) is 58.4 Å². The van der Waals surface area contributed by atoms with Crippen molar-refractivity contribution < 1.29 is 24.9 Å². The first-order chi connectivity index (χ1) is 8.01. The van der Waals surface area contributed by atoms with E-state index in [2.05, 4.69) is 15.3 Å². The van der Waals surface area contributed by atoms with Gasteiger partial charge in [0.15, 0.2) is 6.23 Å². The lowest BCUT2D eigenvalue weighted by Gasteiger charge is -2.40. The van der Waals surface area contributed by atoms with Crippen LogP contribution in [0.1, 0.15) is 6.92 Å². The van der Waals surface area contributed by atoms with Crippen molar-refractivity contribution in [2.75, 3.05) is 6.61 Å². The number of amides is 1. The summed E-state index contributed by atoms with van der Waals surface area (Å²) in [6.07, 6.45) is -5.01. The molecule has 1 fully saturated rings. The Morgan fingerprint density at radius 1 is 1.53 bits per heavy atom. The lowest BCUT2D eigenvalue weighted by molar-refractivity contribution is -0.193. The molecule has 1 saturated heterocycles. The van der Waals surface area contributed by atoms with Gasteiger partial charge in [-0.05, 0) is 5.53 Å². The van der Waals surface area contributed by atoms with Crippen LogP contribution in [0.5, 0.6) is 0 Å². The van der Waals surface area contributed by atoms with E-state index in [0.29, 0.717) is 0 Å². The van der Waals surface area contributed by atoms with Crippen molar-refractivity contribution in [3.63, 3.8) is 0 Å². The standard InChI is InChI=1S/C8H14N4O5/c1-3(14)10-5-7(16)6(15)4(2-13)17-8(5)11-12-9/h4-8,13,15-16H,2H2,1H3,(H,10,14)/t4-,5-,6-,7-,8?/m1/s1. The Balaban J connectivity index is 2.90. The van der Waals surface area contributed by atoms with E-state index in [-0.39, 0.29) is 0 Å². The fraction of sp³-hybridized carbons (Fsp3) is 0.875. The summed E-state index contributed by atoms with van der Waals surface area (Å²) in [6, 6.07) is -1.05. The van der Waals surface area contributed by atoms with Gasteiger partial charge in [-0.3, -0.25) is 4.79 Å². The predicted molar refractivity (Wildman–Crippen MR) is 54.5 cm³/mol. The third-order valence-electron chi connectivity index (χ3n) is 2.44. The molecule has 1 heterocycles. The molecule has 1 amide bonds. The first-order valence-electron chi connectivity index (χ1n) is 4.95. The molecule has 0 spiro atoms. The molecule has 0 aliphatic carbocycles. The minimum Gasteiger partial charge on any atom is -0.394 e. The van der Waals surface area contributed by atoms with Gasteiger partial charge in [0.2, 0.25) is 5.91 Å². The molecule has 0 radical (unpaired) electrons. The fourth-order valence-electron chi connectivity index (χ4n) is 1.64. The Morgan fingerprint density at radius 2 is 2.18 bits per heavy atom. The summed E-state index contributed by atoms with van der Waals surface area (Å²) in [4.78, 5) is 13.4. The first kappa shape index (κ1) is 13.7. The first-order valence-corrected chi connectivity index (χ1v) is 4.95. The normalized spacial score (nSPS) is 37.1. The van der Waals surface area contributed by atoms with Crippen LogP contribution in [0.25, 0.3) is 10.4 Å². The number of hydrogen-bond donors (Lipinski definition) is 4. The summed E-state index contributed by atoms with van der Waals surface area (Å²) < 4.78 is 5.08. The SMILES string of the molecule is CC(=O)N[C@H]1C(N=[N+]=[N-])O[C@H](CO)[C@@H](O)[C@@H]1O. The van der Waals surface area contributed by atoms with Crippen molar-refractivity contribution in [3.8, 4) is 0 Å². The highest BCUT2D eigenvalue weighted by Crippen LogP contribution is 2.22. The van der Waals surface area contributed by atoms with E-state index in [0.717, 1.165) is 0 Å². The molecule has 1 unspecified atom stereocenters. The van der Waals surface area contributed by atoms with Crippen molar-refractivity contribution in [1.82, 2.24) is 5.32 Å². The van der Waals surface area contributed by atoms with Crippen molar-refractivity contribution >= 4 is 5.91 Å². The number of nitrogens with one attached hydrogen (secondary N) is 1. The van der Waals surface area contributed by atoms with Gasteiger partial charge in [0.05, 0.1) is 12.6 Å². The molecule has 1 rings (SSSR count). The Kier molecular flexibility index (Phi) is 4.67. The van der Waals surface area contributed by atoms with Crippen molar-refractivity contribution in [3.05, 3.63) is 10.4 Å². The molecule has 0 saturated carbocycles. The van der Waals surface area contributed by atoms with Gasteiger partial charge in [-0.15, -0.1) is 0 Å². The number of ether oxygens (including phenoxy) is 1. The van der Waals surface area contributed by atoms with Crippen molar-refractivity contribution in [1.29, 1.82) is 0 Å². The van der Waals surface area contributed by atoms with Gasteiger partial charge in [0, 0.05) is 11.8 Å². The van der Waals surface area contributed by atoms with Crippen molar-refractivity contribution in [2.45, 2.75) is 37.5 Å². The number of azide groups is 1. The molecule has 9 heteroatoms. The lowest BCUT2D eigenvalue weighted by atomic mass is 9.96. The molecular formula is C8H14N4O5. The molecule has 1 aliphatic rings. The van der Waals surface area contributed by atoms with Gasteiger partial charge in [-0.25, -0.2) is 0 Å². The van der Waals surface area contributed by atoms with Crippen LogP contribution < -0.4 is 5.32 Å². The van der Waals surface area contributed by atoms with Gasteiger partial charge in [-0.2, -0.15) is 0 Å². The monoisotopic (exact) mass is 246 g/mol. The quantitative estimate of drug-likeness (QED) is 0.264. The number of aliphatic hydroxyl groups is 3. The number of nitrogens with zero attached hydrogens (tertiary/aromatic N) is 3. The van der Waals surface area contributed by atoms with E-state index in [1.165, 1.54) is 6.92 Å². The van der Waals surface area contributed by atoms with Crippen LogP contribution in [-0.2, 0) is 9.53 Å². The third-order valence-corrected chi connectivity index (χ3v) is 2.44. The molecular weight excluding hydrogens is 232 g/mol. The van der Waals surface area contributed by atoms with Crippen LogP contribution in [0.2, 0.25) is 0 Å². The minimum atomic E-state index is -1.39. The summed E-state index contributed by atoms with van der Waals surface area (Å²) in [5.74, 6) is -0.467. The molecule has 4 N–H and O–H groups in total. The van der Waals surface area contributed by atoms with Crippen LogP contribution in [0, 0.1) is 0 Å². The van der Waals surface area contributed by atoms with Crippen molar-refractivity contribution in [2.24, 2.45) is 5.11 Å². The maximum absolute atomic E-state index is 10.9. The molecule has 17 heavy (non-hydrogen) atoms. The number of hydrogen-bond acceptors (Lipinski definition) is 6. The minimum absolute atomic E-state index is 0.467. The molecule has 9 nitrogen and oxygen atoms in total. The van der Waals surface area contributed by atoms with Gasteiger partial charge < -0.3 is 25.4 Å². The Labute approximate surface area is 96.6 Å². The average Bonchev–Trinajstić information content (AvgIpc) is 2.28. The summed E-state index contributed by atoms with van der Waals surface area (Å²) in [5, 5.41) is 33.8. The summed E-state index contributed by atoms with van der Waals surface area (Å²) in [6.45, 7) is 0.673. The van der Waals surface area contributed by atoms with Crippen LogP contribution in [0.3, 0.4) is 0 Å². The maximum Gasteiger partial charge on any atom is 0.217 e. The third kappa shape index (κ3) is 3.05. The van der Waals surface area contributed by atoms with E-state index in [1.807, 2.05) is 0 Å². The molecule has 5 atom stereocenters. The predicted octanol–water partition coefficient (Wildman–Crippen LogP) is -1.76. The van der Waals surface area contributed by atoms with E-state index in [4.69, 9.17) is 15.4 Å². The van der Waals surface area contributed by atoms with E-state index in [9.17, 15) is 15.0 Å². The largest absolute Gasteiger partial charge is 0.394 e. The average molecular weight is 246 g/mol. The van der Waals surface area contributed by atoms with Gasteiger partial charge in [-0.1, -0.05) is 5.11 Å². The molecule has 1 aliphatic heterocycles. The number of rotatable bonds is 3. The Bertz CT molecular complexity index is 332. The number of carbonyl (C=O) groups is 1. The Hall–Kier alpha value is -1.38. The van der Waals surface area contributed by atoms with E-state index >= 15 is 0 Å². The molecule has 0 aromatic carbocycles. The lowest BCUT2D eigenvalue weighted by Crippen LogP contribution is -2.63. The molecule has 0 aromatic rings. The van der Waals surface area contributed by atoms with Gasteiger partial charge >= 0.3 is 0 Å². The summed E-state index contributed by atoms with van der Waals surface area (Å²) in [7, 11) is 0. The molecule has 0 bridgehead atoms. The summed E-state index contributed by atoms with van der Waals surface area (Å²) >= 11 is 0. The zero-order valence-electron chi connectivity index (χ0n) is 9.09. The highest BCUT2D eigenvalue weighted by Gasteiger charge is 2.44. The van der Waals surface area contributed by atoms with E-state index < -0.39 is 43.1 Å². The van der Waals surface area contributed by atoms with Gasteiger partial charge in [0.1, 0.15) is 18.3 Å². The zero-order valence-corrected chi connectivity index (χ0v) is 9.09. The van der Waals surface area contributed by atoms with Crippen LogP contribution in [0.4, 0.5) is 0 Å². The topological polar surface area (TPSA) is 148 Å². The second-order valence-corrected chi connectivity index (χ2v) is 3.66. The maximum atomic E-state index is 10.9. The van der Waals surface area contributed by atoms with Crippen LogP contribution >= 0.6 is 0 Å². The second kappa shape index (κ2) is 5.80. The van der Waals surface area contributed by atoms with E-state index in [1.54, 1.807) is 0 Å². The highest BCUT2D eigenvalue weighted by molar-refractivity contribution is 5.73. The summed E-state index contributed by atoms with van der Waals surface area (Å²) in [5.41, 5.74) is 8.34. The van der Waals surface area contributed by atoms with Gasteiger partial charge in [0.25, 0.3) is 0 Å². The smallest absolute Gasteiger partial charge is 0.217 e. The molecule has 0 aromatic heterocycles. The second-order valence-electron chi connectivity index (χ2n) is 3.66. The van der Waals surface area contributed by atoms with Crippen LogP contribution in [0.15, 0.2) is 5.11 Å². The molecule has 96 valence electrons.